The molecule has 0 aromatic carbocycles. The van der Waals surface area contributed by atoms with E-state index >= 15 is 0 Å². The molecule has 1 saturated heterocycles. The first-order chi connectivity index (χ1) is 7.70. The zero-order valence-electron chi connectivity index (χ0n) is 9.77. The first-order valence-electron chi connectivity index (χ1n) is 5.86. The second kappa shape index (κ2) is 5.28. The average molecular weight is 284 g/mol. The molecule has 88 valence electrons. The van der Waals surface area contributed by atoms with Gasteiger partial charge in [-0.1, -0.05) is 28.9 Å². The second-order valence-corrected chi connectivity index (χ2v) is 5.57. The van der Waals surface area contributed by atoms with Crippen LogP contribution in [0.25, 0.3) is 0 Å². The molecule has 2 rings (SSSR count). The summed E-state index contributed by atoms with van der Waals surface area (Å²) in [6.45, 7) is 5.28. The highest BCUT2D eigenvalue weighted by molar-refractivity contribution is 9.09. The first kappa shape index (κ1) is 12.1. The van der Waals surface area contributed by atoms with Crippen LogP contribution in [0, 0.1) is 5.92 Å². The van der Waals surface area contributed by atoms with Crippen LogP contribution in [-0.2, 0) is 4.74 Å². The van der Waals surface area contributed by atoms with Gasteiger partial charge in [0.15, 0.2) is 0 Å². The van der Waals surface area contributed by atoms with Crippen molar-refractivity contribution in [2.24, 2.45) is 5.92 Å². The molecule has 1 aliphatic rings. The Balaban J connectivity index is 2.07. The van der Waals surface area contributed by atoms with Gasteiger partial charge in [0.05, 0.1) is 6.10 Å². The smallest absolute Gasteiger partial charge is 0.0586 e. The molecule has 2 nitrogen and oxygen atoms in total. The fourth-order valence-electron chi connectivity index (χ4n) is 2.35. The molecule has 1 fully saturated rings. The predicted molar refractivity (Wildman–Crippen MR) is 68.9 cm³/mol. The third kappa shape index (κ3) is 2.46. The molecule has 0 N–H and O–H groups in total. The van der Waals surface area contributed by atoms with Gasteiger partial charge in [-0.05, 0) is 25.5 Å². The van der Waals surface area contributed by atoms with Crippen LogP contribution in [0.3, 0.4) is 0 Å². The number of hydrogen-bond donors (Lipinski definition) is 0. The fourth-order valence-corrected chi connectivity index (χ4v) is 3.31. The lowest BCUT2D eigenvalue weighted by molar-refractivity contribution is 0.104. The monoisotopic (exact) mass is 283 g/mol. The molecule has 0 aliphatic carbocycles. The van der Waals surface area contributed by atoms with Gasteiger partial charge in [-0.25, -0.2) is 0 Å². The molecule has 0 bridgehead atoms. The SMILES string of the molecule is CC1OCCC1C(Br)C(C)c1ccccn1. The quantitative estimate of drug-likeness (QED) is 0.794. The summed E-state index contributed by atoms with van der Waals surface area (Å²) >= 11 is 3.83. The van der Waals surface area contributed by atoms with E-state index in [0.29, 0.717) is 22.8 Å². The van der Waals surface area contributed by atoms with E-state index in [0.717, 1.165) is 18.7 Å². The first-order valence-corrected chi connectivity index (χ1v) is 6.78. The summed E-state index contributed by atoms with van der Waals surface area (Å²) in [7, 11) is 0. The van der Waals surface area contributed by atoms with Gasteiger partial charge in [-0.2, -0.15) is 0 Å². The molecule has 0 radical (unpaired) electrons. The van der Waals surface area contributed by atoms with Crippen LogP contribution in [0.4, 0.5) is 0 Å². The minimum absolute atomic E-state index is 0.357. The van der Waals surface area contributed by atoms with Crippen LogP contribution in [0.5, 0.6) is 0 Å². The number of pyridine rings is 1. The lowest BCUT2D eigenvalue weighted by Crippen LogP contribution is -2.26. The highest BCUT2D eigenvalue weighted by atomic mass is 79.9. The summed E-state index contributed by atoms with van der Waals surface area (Å²) in [4.78, 5) is 4.87. The van der Waals surface area contributed by atoms with E-state index < -0.39 is 0 Å². The van der Waals surface area contributed by atoms with Gasteiger partial charge in [-0.15, -0.1) is 0 Å². The molecule has 4 atom stereocenters. The third-order valence-corrected chi connectivity index (χ3v) is 4.95. The van der Waals surface area contributed by atoms with Crippen LogP contribution in [-0.4, -0.2) is 22.5 Å². The van der Waals surface area contributed by atoms with E-state index in [1.54, 1.807) is 0 Å². The van der Waals surface area contributed by atoms with E-state index in [1.165, 1.54) is 0 Å². The predicted octanol–water partition coefficient (Wildman–Crippen LogP) is 3.37. The van der Waals surface area contributed by atoms with Gasteiger partial charge < -0.3 is 4.74 Å². The van der Waals surface area contributed by atoms with Crippen LogP contribution in [0.2, 0.25) is 0 Å². The Kier molecular flexibility index (Phi) is 3.98. The lowest BCUT2D eigenvalue weighted by atomic mass is 9.89. The molecular weight excluding hydrogens is 266 g/mol. The largest absolute Gasteiger partial charge is 0.378 e. The Morgan fingerprint density at radius 3 is 2.88 bits per heavy atom. The number of nitrogens with zero attached hydrogens (tertiary/aromatic N) is 1. The van der Waals surface area contributed by atoms with Crippen molar-refractivity contribution in [1.82, 2.24) is 4.98 Å². The molecule has 2 heterocycles. The van der Waals surface area contributed by atoms with Crippen molar-refractivity contribution >= 4 is 15.9 Å². The van der Waals surface area contributed by atoms with Crippen molar-refractivity contribution in [3.8, 4) is 0 Å². The van der Waals surface area contributed by atoms with Crippen LogP contribution < -0.4 is 0 Å². The Morgan fingerprint density at radius 1 is 1.50 bits per heavy atom. The molecule has 1 aromatic rings. The summed E-state index contributed by atoms with van der Waals surface area (Å²) in [5.74, 6) is 1.02. The maximum Gasteiger partial charge on any atom is 0.0586 e. The Labute approximate surface area is 106 Å². The standard InChI is InChI=1S/C13H18BrNO/c1-9(12-5-3-4-7-15-12)13(14)11-6-8-16-10(11)2/h3-5,7,9-11,13H,6,8H2,1-2H3. The van der Waals surface area contributed by atoms with E-state index in [4.69, 9.17) is 4.74 Å². The van der Waals surface area contributed by atoms with Crippen molar-refractivity contribution < 1.29 is 4.74 Å². The fraction of sp³-hybridized carbons (Fsp3) is 0.615. The molecule has 0 spiro atoms. The average Bonchev–Trinajstić information content (AvgIpc) is 2.75. The van der Waals surface area contributed by atoms with Crippen LogP contribution in [0.1, 0.15) is 31.9 Å². The van der Waals surface area contributed by atoms with Gasteiger partial charge >= 0.3 is 0 Å². The normalized spacial score (nSPS) is 28.9. The Bertz CT molecular complexity index is 330. The van der Waals surface area contributed by atoms with Gasteiger partial charge in [0.25, 0.3) is 0 Å². The second-order valence-electron chi connectivity index (χ2n) is 4.52. The summed E-state index contributed by atoms with van der Waals surface area (Å²) in [6.07, 6.45) is 3.37. The van der Waals surface area contributed by atoms with Crippen LogP contribution >= 0.6 is 15.9 Å². The molecule has 4 unspecified atom stereocenters. The third-order valence-electron chi connectivity index (χ3n) is 3.48. The number of ether oxygens (including phenoxy) is 1. The number of rotatable bonds is 3. The van der Waals surface area contributed by atoms with Crippen LogP contribution in [0.15, 0.2) is 24.4 Å². The van der Waals surface area contributed by atoms with Gasteiger partial charge in [-0.3, -0.25) is 4.98 Å². The number of aromatic nitrogens is 1. The van der Waals surface area contributed by atoms with Gasteiger partial charge in [0.1, 0.15) is 0 Å². The minimum atomic E-state index is 0.357. The molecule has 3 heteroatoms. The maximum absolute atomic E-state index is 5.62. The van der Waals surface area contributed by atoms with E-state index in [1.807, 2.05) is 18.3 Å². The topological polar surface area (TPSA) is 22.1 Å². The molecule has 16 heavy (non-hydrogen) atoms. The number of alkyl halides is 1. The van der Waals surface area contributed by atoms with Gasteiger partial charge in [0.2, 0.25) is 0 Å². The van der Waals surface area contributed by atoms with E-state index in [2.05, 4.69) is 40.8 Å². The summed E-state index contributed by atoms with van der Waals surface area (Å²) in [5.41, 5.74) is 1.16. The molecule has 1 aliphatic heterocycles. The zero-order chi connectivity index (χ0) is 11.5. The van der Waals surface area contributed by atoms with Crippen molar-refractivity contribution in [3.63, 3.8) is 0 Å². The van der Waals surface area contributed by atoms with Crippen molar-refractivity contribution in [2.75, 3.05) is 6.61 Å². The molecule has 0 amide bonds. The molecule has 1 aromatic heterocycles. The summed E-state index contributed by atoms with van der Waals surface area (Å²) < 4.78 is 5.62. The Morgan fingerprint density at radius 2 is 2.31 bits per heavy atom. The van der Waals surface area contributed by atoms with Crippen molar-refractivity contribution in [1.29, 1.82) is 0 Å². The van der Waals surface area contributed by atoms with Crippen molar-refractivity contribution in [3.05, 3.63) is 30.1 Å². The lowest BCUT2D eigenvalue weighted by Gasteiger charge is -2.25. The molecule has 0 saturated carbocycles. The zero-order valence-corrected chi connectivity index (χ0v) is 11.4. The highest BCUT2D eigenvalue weighted by Crippen LogP contribution is 2.36. The highest BCUT2D eigenvalue weighted by Gasteiger charge is 2.34. The minimum Gasteiger partial charge on any atom is -0.378 e. The number of halogens is 1. The Hall–Kier alpha value is -0.410. The van der Waals surface area contributed by atoms with Gasteiger partial charge in [0, 0.05) is 35.2 Å². The maximum atomic E-state index is 5.62. The summed E-state index contributed by atoms with van der Waals surface area (Å²) in [5, 5.41) is 0. The molecular formula is C13H18BrNO. The van der Waals surface area contributed by atoms with E-state index in [-0.39, 0.29) is 0 Å². The number of hydrogen-bond acceptors (Lipinski definition) is 2. The van der Waals surface area contributed by atoms with Crippen molar-refractivity contribution in [2.45, 2.75) is 37.1 Å². The summed E-state index contributed by atoms with van der Waals surface area (Å²) in [6, 6.07) is 6.10. The van der Waals surface area contributed by atoms with E-state index in [9.17, 15) is 0 Å².